The molecule has 0 spiro atoms. The molecule has 2 heterocycles. The molecule has 1 aliphatic rings. The van der Waals surface area contributed by atoms with Gasteiger partial charge in [0.05, 0.1) is 0 Å². The summed E-state index contributed by atoms with van der Waals surface area (Å²) < 4.78 is 39.1. The number of aryl methyl sites for hydroxylation is 1. The molecule has 1 unspecified atom stereocenters. The van der Waals surface area contributed by atoms with Gasteiger partial charge in [-0.05, 0) is 30.5 Å². The summed E-state index contributed by atoms with van der Waals surface area (Å²) in [6.07, 6.45) is -1.94. The van der Waals surface area contributed by atoms with Crippen LogP contribution in [0.3, 0.4) is 0 Å². The molecule has 0 saturated carbocycles. The Kier molecular flexibility index (Phi) is 3.73. The summed E-state index contributed by atoms with van der Waals surface area (Å²) in [5.74, 6) is -1.80. The number of alkyl halides is 3. The molecule has 1 aliphatic heterocycles. The second kappa shape index (κ2) is 5.05. The Hall–Kier alpha value is -1.63. The monoisotopic (exact) mass is 288 g/mol. The molecular weight excluding hydrogens is 273 g/mol. The van der Waals surface area contributed by atoms with Gasteiger partial charge in [0.15, 0.2) is 5.41 Å². The SMILES string of the molecule is Cc1ccncc1CN1CCC(C(=O)O)(C(F)(F)F)C1. The van der Waals surface area contributed by atoms with E-state index in [2.05, 4.69) is 4.98 Å². The van der Waals surface area contributed by atoms with Crippen LogP contribution in [0.15, 0.2) is 18.5 Å². The molecule has 7 heteroatoms. The molecule has 2 rings (SSSR count). The number of carboxylic acid groups (broad SMARTS) is 1. The lowest BCUT2D eigenvalue weighted by Crippen LogP contribution is -2.47. The van der Waals surface area contributed by atoms with Crippen LogP contribution in [0.2, 0.25) is 0 Å². The summed E-state index contributed by atoms with van der Waals surface area (Å²) in [6.45, 7) is 1.73. The lowest BCUT2D eigenvalue weighted by atomic mass is 9.86. The average Bonchev–Trinajstić information content (AvgIpc) is 2.77. The van der Waals surface area contributed by atoms with E-state index in [1.165, 1.54) is 4.90 Å². The number of rotatable bonds is 3. The van der Waals surface area contributed by atoms with Gasteiger partial charge in [0.2, 0.25) is 0 Å². The first kappa shape index (κ1) is 14.8. The van der Waals surface area contributed by atoms with Crippen LogP contribution in [-0.2, 0) is 11.3 Å². The number of halogens is 3. The van der Waals surface area contributed by atoms with Crippen molar-refractivity contribution in [3.63, 3.8) is 0 Å². The highest BCUT2D eigenvalue weighted by Gasteiger charge is 2.63. The van der Waals surface area contributed by atoms with Gasteiger partial charge in [0.25, 0.3) is 0 Å². The van der Waals surface area contributed by atoms with Crippen molar-refractivity contribution in [2.75, 3.05) is 13.1 Å². The number of carbonyl (C=O) groups is 1. The van der Waals surface area contributed by atoms with E-state index in [-0.39, 0.29) is 13.1 Å². The van der Waals surface area contributed by atoms with E-state index in [4.69, 9.17) is 5.11 Å². The number of aromatic nitrogens is 1. The highest BCUT2D eigenvalue weighted by atomic mass is 19.4. The van der Waals surface area contributed by atoms with Crippen molar-refractivity contribution in [1.82, 2.24) is 9.88 Å². The van der Waals surface area contributed by atoms with Gasteiger partial charge < -0.3 is 5.11 Å². The first-order chi connectivity index (χ1) is 9.26. The second-order valence-corrected chi connectivity index (χ2v) is 5.15. The molecule has 1 N–H and O–H groups in total. The van der Waals surface area contributed by atoms with Gasteiger partial charge in [0, 0.05) is 32.0 Å². The van der Waals surface area contributed by atoms with Gasteiger partial charge >= 0.3 is 12.1 Å². The molecular formula is C13H15F3N2O2. The molecule has 1 saturated heterocycles. The van der Waals surface area contributed by atoms with Gasteiger partial charge in [-0.1, -0.05) is 0 Å². The number of likely N-dealkylation sites (tertiary alicyclic amines) is 1. The molecule has 20 heavy (non-hydrogen) atoms. The van der Waals surface area contributed by atoms with Crippen molar-refractivity contribution >= 4 is 5.97 Å². The number of hydrogen-bond acceptors (Lipinski definition) is 3. The molecule has 1 aromatic heterocycles. The average molecular weight is 288 g/mol. The standard InChI is InChI=1S/C13H15F3N2O2/c1-9-2-4-17-6-10(9)7-18-5-3-12(8-18,11(19)20)13(14,15)16/h2,4,6H,3,5,7-8H2,1H3,(H,19,20). The van der Waals surface area contributed by atoms with E-state index >= 15 is 0 Å². The van der Waals surface area contributed by atoms with Crippen molar-refractivity contribution in [2.45, 2.75) is 26.1 Å². The summed E-state index contributed by atoms with van der Waals surface area (Å²) in [5, 5.41) is 8.98. The summed E-state index contributed by atoms with van der Waals surface area (Å²) in [6, 6.07) is 1.78. The third-order valence-corrected chi connectivity index (χ3v) is 3.84. The maximum absolute atomic E-state index is 13.0. The van der Waals surface area contributed by atoms with Gasteiger partial charge in [-0.2, -0.15) is 13.2 Å². The van der Waals surface area contributed by atoms with Crippen LogP contribution in [0.5, 0.6) is 0 Å². The predicted octanol–water partition coefficient (Wildman–Crippen LogP) is 2.23. The maximum atomic E-state index is 13.0. The molecule has 1 fully saturated rings. The number of aliphatic carboxylic acids is 1. The van der Waals surface area contributed by atoms with Crippen LogP contribution < -0.4 is 0 Å². The highest BCUT2D eigenvalue weighted by Crippen LogP contribution is 2.46. The van der Waals surface area contributed by atoms with Crippen molar-refractivity contribution in [2.24, 2.45) is 5.41 Å². The van der Waals surface area contributed by atoms with Crippen molar-refractivity contribution in [3.8, 4) is 0 Å². The van der Waals surface area contributed by atoms with Crippen LogP contribution in [-0.4, -0.2) is 40.2 Å². The molecule has 4 nitrogen and oxygen atoms in total. The van der Waals surface area contributed by atoms with Crippen LogP contribution in [0, 0.1) is 12.3 Å². The quantitative estimate of drug-likeness (QED) is 0.926. The molecule has 110 valence electrons. The molecule has 0 aromatic carbocycles. The summed E-state index contributed by atoms with van der Waals surface area (Å²) in [7, 11) is 0. The summed E-state index contributed by atoms with van der Waals surface area (Å²) in [4.78, 5) is 16.5. The zero-order valence-corrected chi connectivity index (χ0v) is 10.9. The van der Waals surface area contributed by atoms with Gasteiger partial charge in [0.1, 0.15) is 0 Å². The largest absolute Gasteiger partial charge is 0.481 e. The minimum Gasteiger partial charge on any atom is -0.481 e. The summed E-state index contributed by atoms with van der Waals surface area (Å²) in [5.41, 5.74) is -0.904. The fourth-order valence-corrected chi connectivity index (χ4v) is 2.45. The predicted molar refractivity (Wildman–Crippen MR) is 65.0 cm³/mol. The zero-order chi connectivity index (χ0) is 15.0. The lowest BCUT2D eigenvalue weighted by molar-refractivity contribution is -0.227. The molecule has 1 aromatic rings. The smallest absolute Gasteiger partial charge is 0.406 e. The van der Waals surface area contributed by atoms with E-state index < -0.39 is 30.5 Å². The highest BCUT2D eigenvalue weighted by molar-refractivity contribution is 5.76. The van der Waals surface area contributed by atoms with Crippen LogP contribution >= 0.6 is 0 Å². The number of hydrogen-bond donors (Lipinski definition) is 1. The number of nitrogens with zero attached hydrogens (tertiary/aromatic N) is 2. The van der Waals surface area contributed by atoms with E-state index in [1.54, 1.807) is 18.5 Å². The Balaban J connectivity index is 2.16. The van der Waals surface area contributed by atoms with Gasteiger partial charge in [-0.3, -0.25) is 14.7 Å². The van der Waals surface area contributed by atoms with Crippen molar-refractivity contribution < 1.29 is 23.1 Å². The molecule has 0 aliphatic carbocycles. The Labute approximate surface area is 114 Å². The van der Waals surface area contributed by atoms with Crippen LogP contribution in [0.25, 0.3) is 0 Å². The van der Waals surface area contributed by atoms with E-state index in [9.17, 15) is 18.0 Å². The van der Waals surface area contributed by atoms with E-state index in [1.807, 2.05) is 6.92 Å². The van der Waals surface area contributed by atoms with Crippen molar-refractivity contribution in [3.05, 3.63) is 29.6 Å². The van der Waals surface area contributed by atoms with Crippen LogP contribution in [0.1, 0.15) is 17.5 Å². The first-order valence-corrected chi connectivity index (χ1v) is 6.18. The normalized spacial score (nSPS) is 24.0. The minimum absolute atomic E-state index is 0.111. The third kappa shape index (κ3) is 2.49. The van der Waals surface area contributed by atoms with E-state index in [0.717, 1.165) is 11.1 Å². The molecule has 0 bridgehead atoms. The summed E-state index contributed by atoms with van der Waals surface area (Å²) >= 11 is 0. The molecule has 1 atom stereocenters. The Bertz CT molecular complexity index is 519. The molecule has 0 radical (unpaired) electrons. The fraction of sp³-hybridized carbons (Fsp3) is 0.538. The third-order valence-electron chi connectivity index (χ3n) is 3.84. The Morgan fingerprint density at radius 2 is 2.25 bits per heavy atom. The Morgan fingerprint density at radius 1 is 1.55 bits per heavy atom. The fourth-order valence-electron chi connectivity index (χ4n) is 2.45. The lowest BCUT2D eigenvalue weighted by Gasteiger charge is -2.27. The van der Waals surface area contributed by atoms with Crippen molar-refractivity contribution in [1.29, 1.82) is 0 Å². The minimum atomic E-state index is -4.74. The maximum Gasteiger partial charge on any atom is 0.406 e. The first-order valence-electron chi connectivity index (χ1n) is 6.18. The van der Waals surface area contributed by atoms with Gasteiger partial charge in [-0.25, -0.2) is 0 Å². The second-order valence-electron chi connectivity index (χ2n) is 5.15. The zero-order valence-electron chi connectivity index (χ0n) is 10.9. The topological polar surface area (TPSA) is 53.4 Å². The number of carboxylic acids is 1. The van der Waals surface area contributed by atoms with E-state index in [0.29, 0.717) is 0 Å². The van der Waals surface area contributed by atoms with Crippen LogP contribution in [0.4, 0.5) is 13.2 Å². The Morgan fingerprint density at radius 3 is 2.75 bits per heavy atom. The molecule has 0 amide bonds. The number of pyridine rings is 1. The van der Waals surface area contributed by atoms with Gasteiger partial charge in [-0.15, -0.1) is 0 Å².